The lowest BCUT2D eigenvalue weighted by Crippen LogP contribution is -2.39. The summed E-state index contributed by atoms with van der Waals surface area (Å²) >= 11 is 2.55. The molecule has 3 amide bonds. The number of primary amides is 1. The first-order chi connectivity index (χ1) is 10.5. The molecule has 1 atom stereocenters. The molecule has 0 spiro atoms. The van der Waals surface area contributed by atoms with E-state index in [-0.39, 0.29) is 0 Å². The Labute approximate surface area is 135 Å². The standard InChI is InChI=1S/C13H15N5O2S2/c1-7-5-3-4-6-9(7)15-12-17-18-13(22-12)21-8(2)10(19)16-11(14)20/h3-6,8H,1-2H3,(H,15,17)(H3,14,16,19,20)/t8-/m0/s1. The van der Waals surface area contributed by atoms with Crippen molar-refractivity contribution in [2.45, 2.75) is 23.4 Å². The van der Waals surface area contributed by atoms with Gasteiger partial charge in [-0.15, -0.1) is 10.2 Å². The third-order valence-electron chi connectivity index (χ3n) is 2.69. The zero-order valence-electron chi connectivity index (χ0n) is 12.0. The SMILES string of the molecule is Cc1ccccc1Nc1nnc(S[C@@H](C)C(=O)NC(N)=O)s1. The number of para-hydroxylation sites is 1. The number of hydrogen-bond acceptors (Lipinski definition) is 7. The molecular formula is C13H15N5O2S2. The molecule has 9 heteroatoms. The zero-order valence-corrected chi connectivity index (χ0v) is 13.6. The summed E-state index contributed by atoms with van der Waals surface area (Å²) in [5.74, 6) is -0.457. The number of amides is 3. The van der Waals surface area contributed by atoms with Gasteiger partial charge in [0.05, 0.1) is 5.25 Å². The normalized spacial score (nSPS) is 11.7. The van der Waals surface area contributed by atoms with Crippen LogP contribution in [0.5, 0.6) is 0 Å². The van der Waals surface area contributed by atoms with E-state index < -0.39 is 17.2 Å². The van der Waals surface area contributed by atoms with Crippen LogP contribution in [0.4, 0.5) is 15.6 Å². The second-order valence-electron chi connectivity index (χ2n) is 4.43. The summed E-state index contributed by atoms with van der Waals surface area (Å²) in [4.78, 5) is 22.3. The molecule has 7 nitrogen and oxygen atoms in total. The largest absolute Gasteiger partial charge is 0.351 e. The summed E-state index contributed by atoms with van der Waals surface area (Å²) in [5.41, 5.74) is 6.96. The van der Waals surface area contributed by atoms with E-state index in [9.17, 15) is 9.59 Å². The van der Waals surface area contributed by atoms with Crippen LogP contribution in [0.3, 0.4) is 0 Å². The van der Waals surface area contributed by atoms with Crippen molar-refractivity contribution in [1.29, 1.82) is 0 Å². The van der Waals surface area contributed by atoms with Crippen molar-refractivity contribution in [2.24, 2.45) is 5.73 Å². The van der Waals surface area contributed by atoms with Gasteiger partial charge in [-0.25, -0.2) is 4.79 Å². The third-order valence-corrected chi connectivity index (χ3v) is 4.71. The molecule has 1 aromatic carbocycles. The predicted octanol–water partition coefficient (Wildman–Crippen LogP) is 2.27. The molecule has 0 aliphatic heterocycles. The van der Waals surface area contributed by atoms with Gasteiger partial charge >= 0.3 is 6.03 Å². The van der Waals surface area contributed by atoms with E-state index in [1.807, 2.05) is 36.5 Å². The highest BCUT2D eigenvalue weighted by molar-refractivity contribution is 8.02. The number of carbonyl (C=O) groups is 2. The summed E-state index contributed by atoms with van der Waals surface area (Å²) in [6.07, 6.45) is 0. The Morgan fingerprint density at radius 1 is 1.32 bits per heavy atom. The average Bonchev–Trinajstić information content (AvgIpc) is 2.88. The quantitative estimate of drug-likeness (QED) is 0.722. The molecule has 0 bridgehead atoms. The fourth-order valence-corrected chi connectivity index (χ4v) is 3.47. The fraction of sp³-hybridized carbons (Fsp3) is 0.231. The zero-order chi connectivity index (χ0) is 16.1. The lowest BCUT2D eigenvalue weighted by Gasteiger charge is -2.07. The molecule has 0 aliphatic carbocycles. The van der Waals surface area contributed by atoms with Crippen molar-refractivity contribution >= 4 is 45.9 Å². The maximum atomic E-state index is 11.6. The number of aryl methyl sites for hydroxylation is 1. The predicted molar refractivity (Wildman–Crippen MR) is 87.4 cm³/mol. The molecule has 116 valence electrons. The number of nitrogens with zero attached hydrogens (tertiary/aromatic N) is 2. The van der Waals surface area contributed by atoms with Crippen LogP contribution in [0.15, 0.2) is 28.6 Å². The minimum atomic E-state index is -0.864. The molecule has 0 saturated carbocycles. The molecule has 0 unspecified atom stereocenters. The van der Waals surface area contributed by atoms with Crippen LogP contribution in [0, 0.1) is 6.92 Å². The summed E-state index contributed by atoms with van der Waals surface area (Å²) < 4.78 is 0.628. The van der Waals surface area contributed by atoms with Crippen molar-refractivity contribution in [2.75, 3.05) is 5.32 Å². The third kappa shape index (κ3) is 4.43. The number of benzene rings is 1. The van der Waals surface area contributed by atoms with Crippen LogP contribution in [0.1, 0.15) is 12.5 Å². The molecule has 4 N–H and O–H groups in total. The Kier molecular flexibility index (Phi) is 5.34. The minimum absolute atomic E-state index is 0.457. The van der Waals surface area contributed by atoms with Gasteiger partial charge in [-0.2, -0.15) is 0 Å². The highest BCUT2D eigenvalue weighted by Gasteiger charge is 2.18. The lowest BCUT2D eigenvalue weighted by atomic mass is 10.2. The van der Waals surface area contributed by atoms with Crippen molar-refractivity contribution < 1.29 is 9.59 Å². The molecule has 1 heterocycles. The van der Waals surface area contributed by atoms with Gasteiger partial charge in [0.15, 0.2) is 4.34 Å². The van der Waals surface area contributed by atoms with E-state index >= 15 is 0 Å². The summed E-state index contributed by atoms with van der Waals surface area (Å²) in [6.45, 7) is 3.66. The Morgan fingerprint density at radius 2 is 2.05 bits per heavy atom. The van der Waals surface area contributed by atoms with Crippen LogP contribution in [-0.2, 0) is 4.79 Å². The Morgan fingerprint density at radius 3 is 2.73 bits per heavy atom. The smallest absolute Gasteiger partial charge is 0.318 e. The number of aromatic nitrogens is 2. The van der Waals surface area contributed by atoms with Gasteiger partial charge in [0.25, 0.3) is 0 Å². The number of carbonyl (C=O) groups excluding carboxylic acids is 2. The molecule has 0 fully saturated rings. The number of thioether (sulfide) groups is 1. The first-order valence-electron chi connectivity index (χ1n) is 6.39. The number of nitrogens with two attached hydrogens (primary N) is 1. The van der Waals surface area contributed by atoms with Gasteiger partial charge in [-0.3, -0.25) is 10.1 Å². The van der Waals surface area contributed by atoms with Crippen molar-refractivity contribution in [1.82, 2.24) is 15.5 Å². The van der Waals surface area contributed by atoms with Gasteiger partial charge in [-0.05, 0) is 25.5 Å². The second-order valence-corrected chi connectivity index (χ2v) is 6.99. The summed E-state index contributed by atoms with van der Waals surface area (Å²) in [7, 11) is 0. The van der Waals surface area contributed by atoms with Gasteiger partial charge < -0.3 is 11.1 Å². The van der Waals surface area contributed by atoms with E-state index in [1.165, 1.54) is 23.1 Å². The molecule has 22 heavy (non-hydrogen) atoms. The van der Waals surface area contributed by atoms with E-state index in [4.69, 9.17) is 5.73 Å². The van der Waals surface area contributed by atoms with Crippen LogP contribution in [-0.4, -0.2) is 27.4 Å². The molecular weight excluding hydrogens is 322 g/mol. The Hall–Kier alpha value is -2.13. The number of imide groups is 1. The maximum Gasteiger partial charge on any atom is 0.318 e. The Balaban J connectivity index is 1.98. The number of hydrogen-bond donors (Lipinski definition) is 3. The van der Waals surface area contributed by atoms with Crippen LogP contribution >= 0.6 is 23.1 Å². The molecule has 0 radical (unpaired) electrons. The summed E-state index contributed by atoms with van der Waals surface area (Å²) in [5, 5.41) is 13.4. The van der Waals surface area contributed by atoms with E-state index in [0.29, 0.717) is 9.47 Å². The van der Waals surface area contributed by atoms with Gasteiger partial charge in [0.2, 0.25) is 11.0 Å². The average molecular weight is 337 g/mol. The summed E-state index contributed by atoms with van der Waals surface area (Å²) in [6, 6.07) is 6.97. The van der Waals surface area contributed by atoms with Crippen molar-refractivity contribution in [3.05, 3.63) is 29.8 Å². The first kappa shape index (κ1) is 16.2. The Bertz CT molecular complexity index is 689. The first-order valence-corrected chi connectivity index (χ1v) is 8.08. The van der Waals surface area contributed by atoms with Crippen molar-refractivity contribution in [3.63, 3.8) is 0 Å². The molecule has 2 aromatic rings. The minimum Gasteiger partial charge on any atom is -0.351 e. The van der Waals surface area contributed by atoms with E-state index in [0.717, 1.165) is 11.3 Å². The number of urea groups is 1. The number of nitrogens with one attached hydrogen (secondary N) is 2. The van der Waals surface area contributed by atoms with E-state index in [1.54, 1.807) is 6.92 Å². The van der Waals surface area contributed by atoms with Gasteiger partial charge in [-0.1, -0.05) is 41.3 Å². The lowest BCUT2D eigenvalue weighted by molar-refractivity contribution is -0.119. The topological polar surface area (TPSA) is 110 Å². The maximum absolute atomic E-state index is 11.6. The van der Waals surface area contributed by atoms with Crippen LogP contribution in [0.2, 0.25) is 0 Å². The molecule has 0 aliphatic rings. The monoisotopic (exact) mass is 337 g/mol. The van der Waals surface area contributed by atoms with Gasteiger partial charge in [0, 0.05) is 5.69 Å². The molecule has 2 rings (SSSR count). The second kappa shape index (κ2) is 7.23. The van der Waals surface area contributed by atoms with E-state index in [2.05, 4.69) is 15.5 Å². The van der Waals surface area contributed by atoms with Crippen LogP contribution in [0.25, 0.3) is 0 Å². The fourth-order valence-electron chi connectivity index (χ4n) is 1.56. The highest BCUT2D eigenvalue weighted by Crippen LogP contribution is 2.30. The van der Waals surface area contributed by atoms with Crippen LogP contribution < -0.4 is 16.4 Å². The number of rotatable bonds is 5. The van der Waals surface area contributed by atoms with Gasteiger partial charge in [0.1, 0.15) is 0 Å². The number of anilines is 2. The molecule has 1 aromatic heterocycles. The highest BCUT2D eigenvalue weighted by atomic mass is 32.2. The van der Waals surface area contributed by atoms with Crippen molar-refractivity contribution in [3.8, 4) is 0 Å². The molecule has 0 saturated heterocycles.